The van der Waals surface area contributed by atoms with Crippen LogP contribution in [-0.4, -0.2) is 11.9 Å². The number of carbonyl (C=O) groups excluding carboxylic acids is 1. The molecule has 4 N–H and O–H groups in total. The molecule has 1 atom stereocenters. The minimum atomic E-state index is -0.343. The van der Waals surface area contributed by atoms with Gasteiger partial charge in [-0.2, -0.15) is 5.26 Å². The fourth-order valence-electron chi connectivity index (χ4n) is 3.07. The molecule has 1 aliphatic rings. The van der Waals surface area contributed by atoms with Crippen molar-refractivity contribution >= 4 is 17.6 Å². The molecule has 28 heavy (non-hydrogen) atoms. The molecular weight excluding hydrogens is 350 g/mol. The van der Waals surface area contributed by atoms with E-state index in [-0.39, 0.29) is 23.8 Å². The van der Waals surface area contributed by atoms with Crippen molar-refractivity contribution in [3.63, 3.8) is 0 Å². The number of para-hydroxylation sites is 1. The number of hydrogen-bond donors (Lipinski definition) is 3. The number of rotatable bonds is 6. The van der Waals surface area contributed by atoms with Gasteiger partial charge in [0.2, 0.25) is 11.9 Å². The van der Waals surface area contributed by atoms with Crippen LogP contribution >= 0.6 is 0 Å². The highest BCUT2D eigenvalue weighted by Gasteiger charge is 2.32. The Morgan fingerprint density at radius 2 is 1.79 bits per heavy atom. The quantitative estimate of drug-likeness (QED) is 0.311. The van der Waals surface area contributed by atoms with Gasteiger partial charge in [0.25, 0.3) is 0 Å². The topological polar surface area (TPSA) is 103 Å². The first-order valence-corrected chi connectivity index (χ1v) is 9.48. The van der Waals surface area contributed by atoms with Crippen LogP contribution in [0.4, 0.5) is 5.69 Å². The van der Waals surface area contributed by atoms with Gasteiger partial charge in [-0.05, 0) is 36.0 Å². The normalized spacial score (nSPS) is 15.0. The van der Waals surface area contributed by atoms with Gasteiger partial charge < -0.3 is 11.1 Å². The van der Waals surface area contributed by atoms with Gasteiger partial charge >= 0.3 is 0 Å². The van der Waals surface area contributed by atoms with E-state index in [9.17, 15) is 4.79 Å². The predicted octanol–water partition coefficient (Wildman–Crippen LogP) is 3.44. The highest BCUT2D eigenvalue weighted by atomic mass is 16.2. The summed E-state index contributed by atoms with van der Waals surface area (Å²) in [6, 6.07) is 15.4. The van der Waals surface area contributed by atoms with Crippen molar-refractivity contribution in [1.29, 1.82) is 5.26 Å². The molecule has 144 valence electrons. The molecule has 0 heterocycles. The maximum Gasteiger partial charge on any atom is 0.223 e. The molecule has 1 fully saturated rings. The SMILES string of the molecule is CC(C)c1ccc(C(NC(=O)C2CC2)c2ccccc2N=C(N)NC#N)cc1. The van der Waals surface area contributed by atoms with Gasteiger partial charge in [-0.25, -0.2) is 4.99 Å². The molecule has 0 spiro atoms. The standard InChI is InChI=1S/C22H25N5O/c1-14(2)15-7-9-16(10-8-15)20(27-21(28)17-11-12-17)18-5-3-4-6-19(18)26-22(24)25-13-23/h3-10,14,17,20H,11-12H2,1-2H3,(H,27,28)(H3,24,25,26). The summed E-state index contributed by atoms with van der Waals surface area (Å²) in [6.07, 6.45) is 3.63. The first kappa shape index (κ1) is 19.4. The molecule has 1 aliphatic carbocycles. The number of amides is 1. The Hall–Kier alpha value is -3.33. The molecule has 0 aromatic heterocycles. The van der Waals surface area contributed by atoms with E-state index in [2.05, 4.69) is 41.6 Å². The van der Waals surface area contributed by atoms with Crippen LogP contribution in [0.3, 0.4) is 0 Å². The molecule has 2 aromatic rings. The Labute approximate surface area is 165 Å². The largest absolute Gasteiger partial charge is 0.369 e. The van der Waals surface area contributed by atoms with Gasteiger partial charge in [0.1, 0.15) is 0 Å². The van der Waals surface area contributed by atoms with Crippen molar-refractivity contribution in [2.75, 3.05) is 0 Å². The Morgan fingerprint density at radius 3 is 2.39 bits per heavy atom. The summed E-state index contributed by atoms with van der Waals surface area (Å²) in [5, 5.41) is 14.3. The van der Waals surface area contributed by atoms with E-state index >= 15 is 0 Å². The van der Waals surface area contributed by atoms with Crippen molar-refractivity contribution in [1.82, 2.24) is 10.6 Å². The lowest BCUT2D eigenvalue weighted by molar-refractivity contribution is -0.122. The van der Waals surface area contributed by atoms with Crippen LogP contribution in [0, 0.1) is 17.4 Å². The van der Waals surface area contributed by atoms with E-state index in [1.807, 2.05) is 36.4 Å². The monoisotopic (exact) mass is 375 g/mol. The molecule has 2 aromatic carbocycles. The van der Waals surface area contributed by atoms with E-state index in [1.165, 1.54) is 5.56 Å². The maximum atomic E-state index is 12.5. The zero-order valence-electron chi connectivity index (χ0n) is 16.1. The number of carbonyl (C=O) groups is 1. The summed E-state index contributed by atoms with van der Waals surface area (Å²) < 4.78 is 0. The van der Waals surface area contributed by atoms with Crippen molar-refractivity contribution in [3.05, 3.63) is 65.2 Å². The van der Waals surface area contributed by atoms with E-state index in [1.54, 1.807) is 6.19 Å². The van der Waals surface area contributed by atoms with E-state index in [0.29, 0.717) is 11.6 Å². The maximum absolute atomic E-state index is 12.5. The van der Waals surface area contributed by atoms with Crippen LogP contribution in [0.2, 0.25) is 0 Å². The van der Waals surface area contributed by atoms with Gasteiger partial charge in [0, 0.05) is 11.5 Å². The summed E-state index contributed by atoms with van der Waals surface area (Å²) in [5.41, 5.74) is 9.42. The molecule has 1 saturated carbocycles. The Kier molecular flexibility index (Phi) is 5.95. The van der Waals surface area contributed by atoms with E-state index in [0.717, 1.165) is 24.0 Å². The number of hydrogen-bond acceptors (Lipinski definition) is 3. The summed E-state index contributed by atoms with van der Waals surface area (Å²) in [6.45, 7) is 4.30. The molecule has 1 unspecified atom stereocenters. The summed E-state index contributed by atoms with van der Waals surface area (Å²) in [5.74, 6) is 0.595. The Morgan fingerprint density at radius 1 is 1.14 bits per heavy atom. The van der Waals surface area contributed by atoms with E-state index in [4.69, 9.17) is 11.0 Å². The number of nitriles is 1. The predicted molar refractivity (Wildman–Crippen MR) is 110 cm³/mol. The average molecular weight is 375 g/mol. The number of aliphatic imine (C=N–C) groups is 1. The van der Waals surface area contributed by atoms with Crippen LogP contribution in [0.1, 0.15) is 55.3 Å². The molecule has 0 bridgehead atoms. The fourth-order valence-corrected chi connectivity index (χ4v) is 3.07. The van der Waals surface area contributed by atoms with Gasteiger partial charge in [0.15, 0.2) is 6.19 Å². The molecule has 0 aliphatic heterocycles. The van der Waals surface area contributed by atoms with Crippen LogP contribution in [0.15, 0.2) is 53.5 Å². The fraction of sp³-hybridized carbons (Fsp3) is 0.318. The minimum absolute atomic E-state index is 0.0115. The van der Waals surface area contributed by atoms with Crippen LogP contribution in [-0.2, 0) is 4.79 Å². The van der Waals surface area contributed by atoms with Crippen molar-refractivity contribution < 1.29 is 4.79 Å². The molecule has 0 radical (unpaired) electrons. The first-order chi connectivity index (χ1) is 13.5. The summed E-state index contributed by atoms with van der Waals surface area (Å²) >= 11 is 0. The number of guanidine groups is 1. The highest BCUT2D eigenvalue weighted by Crippen LogP contribution is 2.34. The third kappa shape index (κ3) is 4.68. The molecule has 1 amide bonds. The van der Waals surface area contributed by atoms with Crippen molar-refractivity contribution in [2.24, 2.45) is 16.6 Å². The molecular formula is C22H25N5O. The first-order valence-electron chi connectivity index (χ1n) is 9.48. The minimum Gasteiger partial charge on any atom is -0.369 e. The van der Waals surface area contributed by atoms with Gasteiger partial charge in [-0.1, -0.05) is 56.3 Å². The van der Waals surface area contributed by atoms with Crippen LogP contribution in [0.25, 0.3) is 0 Å². The lowest BCUT2D eigenvalue weighted by Crippen LogP contribution is -2.31. The average Bonchev–Trinajstić information content (AvgIpc) is 3.52. The summed E-state index contributed by atoms with van der Waals surface area (Å²) in [7, 11) is 0. The molecule has 3 rings (SSSR count). The number of nitrogens with zero attached hydrogens (tertiary/aromatic N) is 2. The number of nitrogens with one attached hydrogen (secondary N) is 2. The lowest BCUT2D eigenvalue weighted by atomic mass is 9.94. The van der Waals surface area contributed by atoms with Crippen molar-refractivity contribution in [3.8, 4) is 6.19 Å². The van der Waals surface area contributed by atoms with Crippen LogP contribution in [0.5, 0.6) is 0 Å². The van der Waals surface area contributed by atoms with Crippen LogP contribution < -0.4 is 16.4 Å². The van der Waals surface area contributed by atoms with Gasteiger partial charge in [-0.3, -0.25) is 10.1 Å². The second kappa shape index (κ2) is 8.57. The smallest absolute Gasteiger partial charge is 0.223 e. The summed E-state index contributed by atoms with van der Waals surface area (Å²) in [4.78, 5) is 16.9. The third-order valence-electron chi connectivity index (χ3n) is 4.84. The van der Waals surface area contributed by atoms with Gasteiger partial charge in [-0.15, -0.1) is 0 Å². The highest BCUT2D eigenvalue weighted by molar-refractivity contribution is 5.84. The molecule has 6 nitrogen and oxygen atoms in total. The zero-order chi connectivity index (χ0) is 20.1. The van der Waals surface area contributed by atoms with Gasteiger partial charge in [0.05, 0.1) is 11.7 Å². The zero-order valence-corrected chi connectivity index (χ0v) is 16.1. The third-order valence-corrected chi connectivity index (χ3v) is 4.84. The number of benzene rings is 2. The molecule has 0 saturated heterocycles. The Bertz CT molecular complexity index is 907. The Balaban J connectivity index is 2.00. The lowest BCUT2D eigenvalue weighted by Gasteiger charge is -2.22. The molecule has 6 heteroatoms. The second-order valence-corrected chi connectivity index (χ2v) is 7.33. The van der Waals surface area contributed by atoms with Crippen molar-refractivity contribution in [2.45, 2.75) is 38.6 Å². The second-order valence-electron chi connectivity index (χ2n) is 7.33. The van der Waals surface area contributed by atoms with E-state index < -0.39 is 0 Å². The number of nitrogens with two attached hydrogens (primary N) is 1.